The van der Waals surface area contributed by atoms with Crippen molar-refractivity contribution in [2.24, 2.45) is 46.3 Å². The van der Waals surface area contributed by atoms with E-state index >= 15 is 0 Å². The molecule has 0 radical (unpaired) electrons. The van der Waals surface area contributed by atoms with Crippen molar-refractivity contribution < 1.29 is 9.90 Å². The Hall–Kier alpha value is -0.370. The predicted octanol–water partition coefficient (Wildman–Crippen LogP) is 7.04. The fraction of sp³-hybridized carbons (Fsp3) is 0.963. The second-order valence-electron chi connectivity index (χ2n) is 12.2. The van der Waals surface area contributed by atoms with E-state index in [2.05, 4.69) is 34.6 Å². The number of rotatable bonds is 8. The van der Waals surface area contributed by atoms with Crippen LogP contribution >= 0.6 is 0 Å². The molecule has 0 heterocycles. The Morgan fingerprint density at radius 1 is 0.966 bits per heavy atom. The van der Waals surface area contributed by atoms with E-state index in [-0.39, 0.29) is 11.5 Å². The molecule has 29 heavy (non-hydrogen) atoms. The Balaban J connectivity index is 1.72. The standard InChI is InChI=1S/C27H48O2/c1-18(2)8-7-9-19(3)22-11-12-23-21-10-13-25(29)27(6,16-14-20(4)28)24(21)15-17-26(22,23)5/h18-24,28H,7-17H2,1-6H3/t19-,20?,21+,22-,23+,24+,26-,27-/m1/s1. The Kier molecular flexibility index (Phi) is 7.24. The molecular formula is C27H48O2. The Bertz CT molecular complexity index is 567. The van der Waals surface area contributed by atoms with E-state index in [1.165, 1.54) is 44.9 Å². The minimum absolute atomic E-state index is 0.192. The van der Waals surface area contributed by atoms with Gasteiger partial charge in [0.15, 0.2) is 0 Å². The number of aliphatic hydroxyl groups excluding tert-OH is 1. The third kappa shape index (κ3) is 4.48. The molecule has 3 aliphatic carbocycles. The van der Waals surface area contributed by atoms with Gasteiger partial charge < -0.3 is 5.11 Å². The zero-order chi connectivity index (χ0) is 21.4. The van der Waals surface area contributed by atoms with E-state index in [4.69, 9.17) is 0 Å². The number of ketones is 1. The van der Waals surface area contributed by atoms with E-state index in [9.17, 15) is 9.90 Å². The number of carbonyl (C=O) groups is 1. The molecule has 1 unspecified atom stereocenters. The molecule has 0 aromatic heterocycles. The Morgan fingerprint density at radius 3 is 2.34 bits per heavy atom. The lowest BCUT2D eigenvalue weighted by molar-refractivity contribution is -0.146. The summed E-state index contributed by atoms with van der Waals surface area (Å²) in [5, 5.41) is 9.86. The topological polar surface area (TPSA) is 37.3 Å². The minimum atomic E-state index is -0.295. The van der Waals surface area contributed by atoms with Crippen LogP contribution < -0.4 is 0 Å². The lowest BCUT2D eigenvalue weighted by atomic mass is 9.47. The van der Waals surface area contributed by atoms with E-state index < -0.39 is 0 Å². The van der Waals surface area contributed by atoms with Crippen LogP contribution in [0.3, 0.4) is 0 Å². The van der Waals surface area contributed by atoms with Gasteiger partial charge in [-0.25, -0.2) is 0 Å². The number of carbonyl (C=O) groups excluding carboxylic acids is 1. The maximum absolute atomic E-state index is 13.0. The summed E-state index contributed by atoms with van der Waals surface area (Å²) in [7, 11) is 0. The highest BCUT2D eigenvalue weighted by Crippen LogP contribution is 2.65. The number of Topliss-reactive ketones (excluding diaryl/α,β-unsaturated/α-hetero) is 1. The van der Waals surface area contributed by atoms with Gasteiger partial charge in [0.2, 0.25) is 0 Å². The third-order valence-electron chi connectivity index (χ3n) is 9.88. The summed E-state index contributed by atoms with van der Waals surface area (Å²) in [6.45, 7) is 14.0. The van der Waals surface area contributed by atoms with Gasteiger partial charge in [-0.15, -0.1) is 0 Å². The fourth-order valence-corrected chi connectivity index (χ4v) is 8.13. The molecule has 0 aliphatic heterocycles. The van der Waals surface area contributed by atoms with E-state index in [0.29, 0.717) is 17.1 Å². The summed E-state index contributed by atoms with van der Waals surface area (Å²) in [5.41, 5.74) is 0.298. The normalized spacial score (nSPS) is 41.9. The van der Waals surface area contributed by atoms with Gasteiger partial charge in [-0.1, -0.05) is 53.9 Å². The zero-order valence-electron chi connectivity index (χ0n) is 20.2. The van der Waals surface area contributed by atoms with Gasteiger partial charge in [0.1, 0.15) is 5.78 Å². The largest absolute Gasteiger partial charge is 0.393 e. The van der Waals surface area contributed by atoms with Crippen molar-refractivity contribution in [3.8, 4) is 0 Å². The molecule has 0 amide bonds. The molecule has 168 valence electrons. The Morgan fingerprint density at radius 2 is 1.69 bits per heavy atom. The van der Waals surface area contributed by atoms with Crippen molar-refractivity contribution >= 4 is 5.78 Å². The molecule has 0 saturated heterocycles. The number of aliphatic hydroxyl groups is 1. The molecule has 0 spiro atoms. The average Bonchev–Trinajstić information content (AvgIpc) is 3.00. The van der Waals surface area contributed by atoms with Gasteiger partial charge in [-0.2, -0.15) is 0 Å². The van der Waals surface area contributed by atoms with Crippen LogP contribution in [-0.2, 0) is 4.79 Å². The quantitative estimate of drug-likeness (QED) is 0.471. The van der Waals surface area contributed by atoms with Gasteiger partial charge in [-0.3, -0.25) is 4.79 Å². The molecule has 1 N–H and O–H groups in total. The highest BCUT2D eigenvalue weighted by Gasteiger charge is 2.59. The van der Waals surface area contributed by atoms with Crippen molar-refractivity contribution in [2.45, 2.75) is 118 Å². The minimum Gasteiger partial charge on any atom is -0.393 e. The van der Waals surface area contributed by atoms with Crippen LogP contribution in [0.5, 0.6) is 0 Å². The maximum Gasteiger partial charge on any atom is 0.139 e. The van der Waals surface area contributed by atoms with Crippen LogP contribution in [0.25, 0.3) is 0 Å². The highest BCUT2D eigenvalue weighted by molar-refractivity contribution is 5.85. The molecule has 3 fully saturated rings. The van der Waals surface area contributed by atoms with Crippen LogP contribution in [0.1, 0.15) is 112 Å². The highest BCUT2D eigenvalue weighted by atomic mass is 16.3. The van der Waals surface area contributed by atoms with Crippen molar-refractivity contribution in [1.29, 1.82) is 0 Å². The SMILES string of the molecule is CC(C)CCC[C@@H](C)[C@H]1CC[C@H]2[C@@H]3CCC(=O)[C@](C)(CCC(C)O)[C@H]3CC[C@]12C. The molecule has 3 rings (SSSR count). The van der Waals surface area contributed by atoms with Gasteiger partial charge in [-0.05, 0) is 92.8 Å². The number of hydrogen-bond acceptors (Lipinski definition) is 2. The van der Waals surface area contributed by atoms with Crippen LogP contribution in [0, 0.1) is 46.3 Å². The monoisotopic (exact) mass is 404 g/mol. The summed E-state index contributed by atoms with van der Waals surface area (Å²) >= 11 is 0. The molecule has 3 aliphatic rings. The third-order valence-corrected chi connectivity index (χ3v) is 9.88. The van der Waals surface area contributed by atoms with Crippen LogP contribution in [0.2, 0.25) is 0 Å². The molecule has 0 aromatic carbocycles. The van der Waals surface area contributed by atoms with Crippen molar-refractivity contribution in [2.75, 3.05) is 0 Å². The molecule has 8 atom stereocenters. The van der Waals surface area contributed by atoms with Crippen molar-refractivity contribution in [3.05, 3.63) is 0 Å². The van der Waals surface area contributed by atoms with Gasteiger partial charge in [0.25, 0.3) is 0 Å². The first kappa shape index (κ1) is 23.3. The number of fused-ring (bicyclic) bond motifs is 3. The van der Waals surface area contributed by atoms with Crippen LogP contribution in [0.4, 0.5) is 0 Å². The average molecular weight is 405 g/mol. The second-order valence-corrected chi connectivity index (χ2v) is 12.2. The molecular weight excluding hydrogens is 356 g/mol. The lowest BCUT2D eigenvalue weighted by Gasteiger charge is -2.56. The van der Waals surface area contributed by atoms with Crippen molar-refractivity contribution in [3.63, 3.8) is 0 Å². The van der Waals surface area contributed by atoms with E-state index in [0.717, 1.165) is 55.3 Å². The summed E-state index contributed by atoms with van der Waals surface area (Å²) < 4.78 is 0. The fourth-order valence-electron chi connectivity index (χ4n) is 8.13. The van der Waals surface area contributed by atoms with Crippen molar-refractivity contribution in [1.82, 2.24) is 0 Å². The lowest BCUT2D eigenvalue weighted by Crippen LogP contribution is -2.52. The molecule has 2 heteroatoms. The first-order valence-corrected chi connectivity index (χ1v) is 12.8. The first-order chi connectivity index (χ1) is 13.6. The maximum atomic E-state index is 13.0. The van der Waals surface area contributed by atoms with Gasteiger partial charge in [0, 0.05) is 11.8 Å². The smallest absolute Gasteiger partial charge is 0.139 e. The summed E-state index contributed by atoms with van der Waals surface area (Å²) in [6.07, 6.45) is 12.7. The second kappa shape index (κ2) is 9.01. The number of hydrogen-bond donors (Lipinski definition) is 1. The van der Waals surface area contributed by atoms with E-state index in [1.54, 1.807) is 0 Å². The molecule has 0 bridgehead atoms. The van der Waals surface area contributed by atoms with Crippen LogP contribution in [0.15, 0.2) is 0 Å². The predicted molar refractivity (Wildman–Crippen MR) is 122 cm³/mol. The molecule has 3 saturated carbocycles. The summed E-state index contributed by atoms with van der Waals surface area (Å²) in [5.74, 6) is 5.13. The zero-order valence-corrected chi connectivity index (χ0v) is 20.2. The van der Waals surface area contributed by atoms with E-state index in [1.807, 2.05) is 6.92 Å². The molecule has 2 nitrogen and oxygen atoms in total. The first-order valence-electron chi connectivity index (χ1n) is 12.8. The molecule has 0 aromatic rings. The van der Waals surface area contributed by atoms with Crippen LogP contribution in [-0.4, -0.2) is 17.0 Å². The summed E-state index contributed by atoms with van der Waals surface area (Å²) in [4.78, 5) is 13.0. The Labute approximate surface area is 180 Å². The summed E-state index contributed by atoms with van der Waals surface area (Å²) in [6, 6.07) is 0. The van der Waals surface area contributed by atoms with Gasteiger partial charge in [0.05, 0.1) is 6.10 Å². The van der Waals surface area contributed by atoms with Gasteiger partial charge >= 0.3 is 0 Å².